The molecule has 1 nitrogen and oxygen atoms in total. The Balaban J connectivity index is 2.25. The summed E-state index contributed by atoms with van der Waals surface area (Å²) in [5, 5.41) is 9.68. The lowest BCUT2D eigenvalue weighted by molar-refractivity contribution is -0.137. The van der Waals surface area contributed by atoms with E-state index in [1.54, 1.807) is 0 Å². The van der Waals surface area contributed by atoms with Crippen LogP contribution < -0.4 is 0 Å². The maximum absolute atomic E-state index is 12.4. The maximum atomic E-state index is 12.4. The molecule has 15 heavy (non-hydrogen) atoms. The molecule has 0 bridgehead atoms. The van der Waals surface area contributed by atoms with Gasteiger partial charge in [-0.25, -0.2) is 0 Å². The molecule has 1 aliphatic carbocycles. The van der Waals surface area contributed by atoms with Crippen LogP contribution in [0.4, 0.5) is 13.2 Å². The van der Waals surface area contributed by atoms with Crippen LogP contribution in [0.1, 0.15) is 30.1 Å². The van der Waals surface area contributed by atoms with E-state index in [-0.39, 0.29) is 5.92 Å². The Morgan fingerprint density at radius 3 is 2.47 bits per heavy atom. The van der Waals surface area contributed by atoms with Gasteiger partial charge in [-0.1, -0.05) is 12.1 Å². The third-order valence-electron chi connectivity index (χ3n) is 2.62. The van der Waals surface area contributed by atoms with Gasteiger partial charge in [0, 0.05) is 0 Å². The summed E-state index contributed by atoms with van der Waals surface area (Å²) in [6, 6.07) is 4.92. The van der Waals surface area contributed by atoms with Crippen LogP contribution >= 0.6 is 0 Å². The van der Waals surface area contributed by atoms with E-state index in [1.165, 1.54) is 12.1 Å². The molecule has 0 amide bonds. The molecule has 82 valence electrons. The van der Waals surface area contributed by atoms with Crippen LogP contribution in [0.3, 0.4) is 0 Å². The van der Waals surface area contributed by atoms with Gasteiger partial charge in [0.15, 0.2) is 0 Å². The van der Waals surface area contributed by atoms with Gasteiger partial charge in [0.05, 0.1) is 11.7 Å². The first-order chi connectivity index (χ1) is 6.98. The number of hydrogen-bond acceptors (Lipinski definition) is 1. The highest BCUT2D eigenvalue weighted by molar-refractivity contribution is 5.28. The van der Waals surface area contributed by atoms with Gasteiger partial charge in [-0.2, -0.15) is 13.2 Å². The lowest BCUT2D eigenvalue weighted by Gasteiger charge is -2.12. The monoisotopic (exact) mass is 216 g/mol. The highest BCUT2D eigenvalue weighted by atomic mass is 19.4. The second-order valence-corrected chi connectivity index (χ2v) is 3.91. The standard InChI is InChI=1S/C11H11F3O/c12-11(13,14)9-3-1-2-8(6-9)10(15)7-4-5-7/h1-3,6-7,10,15H,4-5H2/t10-/m0/s1. The number of halogens is 3. The van der Waals surface area contributed by atoms with Crippen molar-refractivity contribution in [2.75, 3.05) is 0 Å². The van der Waals surface area contributed by atoms with E-state index in [1.807, 2.05) is 0 Å². The molecule has 1 atom stereocenters. The fourth-order valence-corrected chi connectivity index (χ4v) is 1.58. The van der Waals surface area contributed by atoms with Gasteiger partial charge in [-0.3, -0.25) is 0 Å². The summed E-state index contributed by atoms with van der Waals surface area (Å²) in [5.74, 6) is 0.147. The molecule has 1 fully saturated rings. The Morgan fingerprint density at radius 1 is 1.27 bits per heavy atom. The first-order valence-electron chi connectivity index (χ1n) is 4.84. The number of aliphatic hydroxyl groups excluding tert-OH is 1. The molecule has 1 aromatic rings. The summed E-state index contributed by atoms with van der Waals surface area (Å²) in [6.07, 6.45) is -3.28. The van der Waals surface area contributed by atoms with Crippen LogP contribution in [0.5, 0.6) is 0 Å². The quantitative estimate of drug-likeness (QED) is 0.805. The van der Waals surface area contributed by atoms with E-state index < -0.39 is 17.8 Å². The molecule has 2 rings (SSSR count). The van der Waals surface area contributed by atoms with Crippen molar-refractivity contribution in [2.24, 2.45) is 5.92 Å². The Labute approximate surface area is 85.5 Å². The van der Waals surface area contributed by atoms with Gasteiger partial charge in [-0.15, -0.1) is 0 Å². The molecule has 1 aromatic carbocycles. The summed E-state index contributed by atoms with van der Waals surface area (Å²) in [7, 11) is 0. The first kappa shape index (κ1) is 10.5. The highest BCUT2D eigenvalue weighted by Gasteiger charge is 2.34. The Bertz CT molecular complexity index is 355. The topological polar surface area (TPSA) is 20.2 Å². The van der Waals surface area contributed by atoms with E-state index in [9.17, 15) is 18.3 Å². The summed E-state index contributed by atoms with van der Waals surface area (Å²) in [4.78, 5) is 0. The van der Waals surface area contributed by atoms with Gasteiger partial charge >= 0.3 is 6.18 Å². The van der Waals surface area contributed by atoms with Crippen molar-refractivity contribution in [3.05, 3.63) is 35.4 Å². The molecule has 0 heterocycles. The molecule has 0 radical (unpaired) electrons. The zero-order chi connectivity index (χ0) is 11.1. The maximum Gasteiger partial charge on any atom is 0.416 e. The molecule has 4 heteroatoms. The average Bonchev–Trinajstić information content (AvgIpc) is 2.99. The van der Waals surface area contributed by atoms with Crippen molar-refractivity contribution in [1.29, 1.82) is 0 Å². The third kappa shape index (κ3) is 2.31. The van der Waals surface area contributed by atoms with Crippen molar-refractivity contribution in [1.82, 2.24) is 0 Å². The fraction of sp³-hybridized carbons (Fsp3) is 0.455. The van der Waals surface area contributed by atoms with Crippen molar-refractivity contribution < 1.29 is 18.3 Å². The second kappa shape index (κ2) is 3.52. The molecule has 1 aliphatic rings. The summed E-state index contributed by atoms with van der Waals surface area (Å²) in [5.41, 5.74) is -0.327. The van der Waals surface area contributed by atoms with Crippen molar-refractivity contribution in [3.8, 4) is 0 Å². The summed E-state index contributed by atoms with van der Waals surface area (Å²) in [6.45, 7) is 0. The van der Waals surface area contributed by atoms with Gasteiger partial charge in [0.25, 0.3) is 0 Å². The van der Waals surface area contributed by atoms with E-state index in [0.29, 0.717) is 5.56 Å². The second-order valence-electron chi connectivity index (χ2n) is 3.91. The van der Waals surface area contributed by atoms with E-state index >= 15 is 0 Å². The number of aliphatic hydroxyl groups is 1. The Morgan fingerprint density at radius 2 is 1.93 bits per heavy atom. The number of alkyl halides is 3. The molecular weight excluding hydrogens is 205 g/mol. The minimum atomic E-state index is -4.33. The molecule has 0 aromatic heterocycles. The minimum absolute atomic E-state index is 0.147. The average molecular weight is 216 g/mol. The molecule has 1 saturated carbocycles. The highest BCUT2D eigenvalue weighted by Crippen LogP contribution is 2.41. The van der Waals surface area contributed by atoms with Crippen molar-refractivity contribution >= 4 is 0 Å². The van der Waals surface area contributed by atoms with Crippen LogP contribution in [0.25, 0.3) is 0 Å². The molecule has 0 saturated heterocycles. The van der Waals surface area contributed by atoms with Crippen LogP contribution in [-0.4, -0.2) is 5.11 Å². The van der Waals surface area contributed by atoms with E-state index in [2.05, 4.69) is 0 Å². The predicted molar refractivity (Wildman–Crippen MR) is 49.1 cm³/mol. The molecule has 1 N–H and O–H groups in total. The van der Waals surface area contributed by atoms with Gasteiger partial charge in [0.1, 0.15) is 0 Å². The Hall–Kier alpha value is -1.03. The van der Waals surface area contributed by atoms with Crippen LogP contribution in [0.2, 0.25) is 0 Å². The van der Waals surface area contributed by atoms with E-state index in [0.717, 1.165) is 25.0 Å². The molecule has 0 aliphatic heterocycles. The third-order valence-corrected chi connectivity index (χ3v) is 2.62. The lowest BCUT2D eigenvalue weighted by atomic mass is 10.0. The van der Waals surface area contributed by atoms with Crippen molar-refractivity contribution in [3.63, 3.8) is 0 Å². The number of benzene rings is 1. The predicted octanol–water partition coefficient (Wildman–Crippen LogP) is 3.15. The SMILES string of the molecule is O[C@H](c1cccc(C(F)(F)F)c1)C1CC1. The normalized spacial score (nSPS) is 18.9. The van der Waals surface area contributed by atoms with E-state index in [4.69, 9.17) is 0 Å². The molecule has 0 spiro atoms. The lowest BCUT2D eigenvalue weighted by Crippen LogP contribution is -2.07. The number of hydrogen-bond donors (Lipinski definition) is 1. The summed E-state index contributed by atoms with van der Waals surface area (Å²) < 4.78 is 37.1. The largest absolute Gasteiger partial charge is 0.416 e. The zero-order valence-electron chi connectivity index (χ0n) is 7.96. The number of rotatable bonds is 2. The minimum Gasteiger partial charge on any atom is -0.388 e. The Kier molecular flexibility index (Phi) is 2.46. The molecule has 0 unspecified atom stereocenters. The molecular formula is C11H11F3O. The van der Waals surface area contributed by atoms with Gasteiger partial charge < -0.3 is 5.11 Å². The fourth-order valence-electron chi connectivity index (χ4n) is 1.58. The van der Waals surface area contributed by atoms with Crippen LogP contribution in [0.15, 0.2) is 24.3 Å². The van der Waals surface area contributed by atoms with Crippen LogP contribution in [0, 0.1) is 5.92 Å². The smallest absolute Gasteiger partial charge is 0.388 e. The first-order valence-corrected chi connectivity index (χ1v) is 4.84. The van der Waals surface area contributed by atoms with Crippen LogP contribution in [-0.2, 0) is 6.18 Å². The van der Waals surface area contributed by atoms with Gasteiger partial charge in [0.2, 0.25) is 0 Å². The van der Waals surface area contributed by atoms with Crippen molar-refractivity contribution in [2.45, 2.75) is 25.1 Å². The zero-order valence-corrected chi connectivity index (χ0v) is 7.96. The summed E-state index contributed by atoms with van der Waals surface area (Å²) >= 11 is 0. The van der Waals surface area contributed by atoms with Gasteiger partial charge in [-0.05, 0) is 36.5 Å².